The van der Waals surface area contributed by atoms with Gasteiger partial charge in [0.2, 0.25) is 0 Å². The van der Waals surface area contributed by atoms with E-state index in [0.717, 1.165) is 127 Å². The highest BCUT2D eigenvalue weighted by molar-refractivity contribution is 6.25. The Labute approximate surface area is 865 Å². The van der Waals surface area contributed by atoms with Gasteiger partial charge in [-0.05, 0) is 205 Å². The van der Waals surface area contributed by atoms with Crippen molar-refractivity contribution in [2.75, 3.05) is 0 Å². The van der Waals surface area contributed by atoms with Gasteiger partial charge in [0.1, 0.15) is 33.5 Å². The summed E-state index contributed by atoms with van der Waals surface area (Å²) in [5, 5.41) is 28.8. The Bertz CT molecular complexity index is 10700. The van der Waals surface area contributed by atoms with Gasteiger partial charge in [-0.1, -0.05) is 458 Å². The second kappa shape index (κ2) is 34.8. The van der Waals surface area contributed by atoms with Crippen molar-refractivity contribution in [3.05, 3.63) is 538 Å². The largest absolute Gasteiger partial charge is 0.456 e. The van der Waals surface area contributed by atoms with Crippen molar-refractivity contribution in [2.24, 2.45) is 0 Å². The van der Waals surface area contributed by atoms with Gasteiger partial charge in [-0.3, -0.25) is 0 Å². The van der Waals surface area contributed by atoms with E-state index in [2.05, 4.69) is 545 Å². The molecule has 0 bridgehead atoms. The minimum Gasteiger partial charge on any atom is -0.456 e. The highest BCUT2D eigenvalue weighted by atomic mass is 16.3. The highest BCUT2D eigenvalue weighted by Gasteiger charge is 2.43. The van der Waals surface area contributed by atoms with Gasteiger partial charge in [0, 0.05) is 97.7 Å². The number of para-hydroxylation sites is 11. The molecule has 0 saturated heterocycles. The molecule has 0 amide bonds. The van der Waals surface area contributed by atoms with Crippen LogP contribution in [0.5, 0.6) is 0 Å². The third-order valence-electron chi connectivity index (χ3n) is 32.1. The lowest BCUT2D eigenvalue weighted by molar-refractivity contribution is 0.659. The molecule has 0 saturated carbocycles. The molecule has 0 unspecified atom stereocenters. The number of rotatable bonds is 6. The first-order valence-corrected chi connectivity index (χ1v) is 51.9. The number of hydrogen-bond acceptors (Lipinski definition) is 3. The van der Waals surface area contributed by atoms with E-state index in [1.165, 1.54) is 164 Å². The molecule has 0 N–H and O–H groups in total. The second-order valence-electron chi connectivity index (χ2n) is 40.8. The van der Waals surface area contributed by atoms with Crippen molar-refractivity contribution in [3.63, 3.8) is 0 Å². The van der Waals surface area contributed by atoms with Gasteiger partial charge >= 0.3 is 0 Å². The highest BCUT2D eigenvalue weighted by Crippen LogP contribution is 2.59. The third kappa shape index (κ3) is 13.5. The minimum absolute atomic E-state index is 0.267. The van der Waals surface area contributed by atoms with Gasteiger partial charge in [0.05, 0.1) is 50.2 Å². The standard InChI is InChI=1S/2C51H35NO.C42H27NO/c1-51(2)43-26-11-7-23-42(43)48-46(31-30-39(49(48)51)41-25-15-24-40-38-22-10-14-29-47(38)53-50(40)41)52-44-27-12-8-20-36(44)34-18-5-3-16-32(34)33-17-4-6-19-35(33)37-21-9-13-28-45(37)52;1-51(2)42-25-11-7-22-40(42)49-45(31-30-39(50(49)51)38-24-15-29-47-48(38)41-23-10-14-28-46(41)53-47)52-43-26-12-8-20-36(43)34-18-5-3-16-32(34)33-17-4-6-19-35(33)37-21-9-13-27-44(37)52;1-3-16-30-28(14-1)29-15-2-4-17-31(29)33-19-6-10-24-38(33)43(37-23-9-5-18-32(30)37)39-25-11-7-20-34(39)35-22-13-27-41-42(35)36-21-8-12-26-40(36)44-41/h2*3-31H,1-2H3;1-27H. The Kier molecular flexibility index (Phi) is 20.3. The van der Waals surface area contributed by atoms with Crippen LogP contribution in [-0.4, -0.2) is 13.7 Å². The van der Waals surface area contributed by atoms with E-state index in [4.69, 9.17) is 13.3 Å². The smallest absolute Gasteiger partial charge is 0.143 e. The predicted octanol–water partition coefficient (Wildman–Crippen LogP) is 40.0. The molecule has 0 fully saturated rings. The fourth-order valence-corrected chi connectivity index (χ4v) is 25.7. The maximum absolute atomic E-state index is 6.68. The van der Waals surface area contributed by atoms with Crippen LogP contribution < -0.4 is 0 Å². The molecule has 6 heterocycles. The molecule has 6 nitrogen and oxygen atoms in total. The molecule has 0 radical (unpaired) electrons. The average molecular weight is 1920 g/mol. The predicted molar refractivity (Wildman–Crippen MR) is 634 cm³/mol. The van der Waals surface area contributed by atoms with E-state index in [-0.39, 0.29) is 10.8 Å². The molecule has 2 aliphatic carbocycles. The number of fused-ring (bicyclic) bond motifs is 36. The van der Waals surface area contributed by atoms with Crippen LogP contribution in [0.1, 0.15) is 49.9 Å². The van der Waals surface area contributed by atoms with Crippen LogP contribution in [-0.2, 0) is 10.8 Å². The van der Waals surface area contributed by atoms with Crippen molar-refractivity contribution in [2.45, 2.75) is 38.5 Å². The molecule has 150 heavy (non-hydrogen) atoms. The average Bonchev–Trinajstić information content (AvgIpc) is 1.54. The Balaban J connectivity index is 0.000000106. The van der Waals surface area contributed by atoms with Crippen molar-refractivity contribution >= 4 is 196 Å². The van der Waals surface area contributed by atoms with Crippen LogP contribution >= 0.6 is 0 Å². The maximum atomic E-state index is 6.68. The van der Waals surface area contributed by atoms with Gasteiger partial charge in [-0.25, -0.2) is 0 Å². The molecule has 706 valence electrons. The first kappa shape index (κ1) is 87.4. The van der Waals surface area contributed by atoms with E-state index >= 15 is 0 Å². The van der Waals surface area contributed by atoms with Crippen molar-refractivity contribution < 1.29 is 13.3 Å². The van der Waals surface area contributed by atoms with Crippen LogP contribution in [0.25, 0.3) is 269 Å². The monoisotopic (exact) mass is 1920 g/mol. The van der Waals surface area contributed by atoms with Crippen LogP contribution in [0, 0.1) is 0 Å². The lowest BCUT2D eigenvalue weighted by atomic mass is 9.78. The zero-order chi connectivity index (χ0) is 99.6. The Hall–Kier alpha value is -19.1. The van der Waals surface area contributed by atoms with E-state index in [1.807, 2.05) is 12.1 Å². The molecule has 2 aliphatic rings. The van der Waals surface area contributed by atoms with Crippen LogP contribution in [0.3, 0.4) is 0 Å². The van der Waals surface area contributed by atoms with Crippen molar-refractivity contribution in [1.82, 2.24) is 13.7 Å². The van der Waals surface area contributed by atoms with Gasteiger partial charge in [-0.2, -0.15) is 0 Å². The summed E-state index contributed by atoms with van der Waals surface area (Å²) in [6.07, 6.45) is 0. The van der Waals surface area contributed by atoms with E-state index in [9.17, 15) is 0 Å². The maximum Gasteiger partial charge on any atom is 0.143 e. The fraction of sp³-hybridized carbons (Fsp3) is 0.0417. The summed E-state index contributed by atoms with van der Waals surface area (Å²) in [5.74, 6) is 0. The molecule has 0 aliphatic heterocycles. The zero-order valence-corrected chi connectivity index (χ0v) is 83.1. The molecule has 23 aromatic carbocycles. The SMILES string of the molecule is CC1(C)c2ccccc2-c2c(-n3c4ccccc4c4ccccc4c4ccccc4c4ccccc43)ccc(-c3cccc4c3oc3ccccc34)c21.CC1(C)c2ccccc2-c2c(-n3c4ccccc4c4ccccc4c4ccccc4c4ccccc43)ccc(-c3cccc4oc5ccccc5c34)c21.c1ccc(-n2c3ccccc3c3ccccc3c3ccccc3c3ccccc32)c(-c2cccc3oc4ccccc4c23)c1. The number of furan rings is 3. The summed E-state index contributed by atoms with van der Waals surface area (Å²) in [6, 6.07) is 187. The van der Waals surface area contributed by atoms with Crippen LogP contribution in [0.2, 0.25) is 0 Å². The Morgan fingerprint density at radius 2 is 0.373 bits per heavy atom. The van der Waals surface area contributed by atoms with Gasteiger partial charge in [0.25, 0.3) is 0 Å². The summed E-state index contributed by atoms with van der Waals surface area (Å²) in [6.45, 7) is 9.56. The molecule has 0 atom stereocenters. The van der Waals surface area contributed by atoms with E-state index in [1.54, 1.807) is 0 Å². The lowest BCUT2D eigenvalue weighted by Crippen LogP contribution is -2.16. The summed E-state index contributed by atoms with van der Waals surface area (Å²) < 4.78 is 27.0. The lowest BCUT2D eigenvalue weighted by Gasteiger charge is -2.26. The van der Waals surface area contributed by atoms with E-state index < -0.39 is 0 Å². The molecule has 0 spiro atoms. The Morgan fingerprint density at radius 1 is 0.147 bits per heavy atom. The zero-order valence-electron chi connectivity index (χ0n) is 83.1. The topological polar surface area (TPSA) is 54.2 Å². The Morgan fingerprint density at radius 3 is 0.727 bits per heavy atom. The summed E-state index contributed by atoms with van der Waals surface area (Å²) in [4.78, 5) is 0. The molecule has 31 rings (SSSR count). The first-order chi connectivity index (χ1) is 74.1. The van der Waals surface area contributed by atoms with Gasteiger partial charge in [-0.15, -0.1) is 0 Å². The van der Waals surface area contributed by atoms with Crippen LogP contribution in [0.4, 0.5) is 0 Å². The molecular weight excluding hydrogens is 1820 g/mol. The van der Waals surface area contributed by atoms with Gasteiger partial charge < -0.3 is 27.0 Å². The second-order valence-corrected chi connectivity index (χ2v) is 40.8. The first-order valence-electron chi connectivity index (χ1n) is 51.9. The summed E-state index contributed by atoms with van der Waals surface area (Å²) >= 11 is 0. The number of nitrogens with zero attached hydrogens (tertiary/aromatic N) is 3. The quantitative estimate of drug-likeness (QED) is 0.167. The fourth-order valence-electron chi connectivity index (χ4n) is 25.7. The third-order valence-corrected chi connectivity index (χ3v) is 32.1. The number of benzene rings is 23. The molecule has 29 aromatic rings. The normalized spacial score (nSPS) is 12.8. The molecule has 6 aromatic heterocycles. The molecular formula is C144H97N3O3. The van der Waals surface area contributed by atoms with E-state index in [0.29, 0.717) is 0 Å². The summed E-state index contributed by atoms with van der Waals surface area (Å²) in [7, 11) is 0. The van der Waals surface area contributed by atoms with Crippen molar-refractivity contribution in [3.8, 4) is 72.7 Å². The van der Waals surface area contributed by atoms with Gasteiger partial charge in [0.15, 0.2) is 0 Å². The minimum atomic E-state index is -0.274. The van der Waals surface area contributed by atoms with Crippen LogP contribution in [0.15, 0.2) is 529 Å². The molecule has 6 heteroatoms. The summed E-state index contributed by atoms with van der Waals surface area (Å²) in [5.41, 5.74) is 32.7. The van der Waals surface area contributed by atoms with Crippen molar-refractivity contribution in [1.29, 1.82) is 0 Å². The number of aromatic nitrogens is 3. The number of hydrogen-bond donors (Lipinski definition) is 0.